The number of amides is 2. The van der Waals surface area contributed by atoms with Crippen LogP contribution in [0.4, 0.5) is 5.69 Å². The van der Waals surface area contributed by atoms with E-state index in [1.54, 1.807) is 12.1 Å². The molecule has 28 heavy (non-hydrogen) atoms. The molecule has 0 radical (unpaired) electrons. The molecule has 2 N–H and O–H groups in total. The normalized spacial score (nSPS) is 20.2. The Kier molecular flexibility index (Phi) is 4.97. The second-order valence-corrected chi connectivity index (χ2v) is 8.22. The molecule has 0 unspecified atom stereocenters. The van der Waals surface area contributed by atoms with E-state index in [9.17, 15) is 14.4 Å². The summed E-state index contributed by atoms with van der Waals surface area (Å²) < 4.78 is 12.3. The summed E-state index contributed by atoms with van der Waals surface area (Å²) in [6.07, 6.45) is 1.78. The van der Waals surface area contributed by atoms with Crippen LogP contribution in [0.3, 0.4) is 0 Å². The minimum absolute atomic E-state index is 0.189. The summed E-state index contributed by atoms with van der Waals surface area (Å²) in [7, 11) is -0.688. The fourth-order valence-electron chi connectivity index (χ4n) is 3.16. The Morgan fingerprint density at radius 3 is 2.36 bits per heavy atom. The van der Waals surface area contributed by atoms with Gasteiger partial charge in [-0.15, -0.1) is 0 Å². The lowest BCUT2D eigenvalue weighted by Crippen LogP contribution is -2.41. The number of Topliss-reactive ketones (excluding diaryl/α,β-unsaturated/α-hetero) is 1. The van der Waals surface area contributed by atoms with E-state index in [1.807, 2.05) is 40.7 Å². The Morgan fingerprint density at radius 1 is 1.18 bits per heavy atom. The van der Waals surface area contributed by atoms with Crippen LogP contribution >= 0.6 is 0 Å². The van der Waals surface area contributed by atoms with Crippen molar-refractivity contribution < 1.29 is 23.7 Å². The molecule has 3 rings (SSSR count). The van der Waals surface area contributed by atoms with Crippen LogP contribution in [0, 0.1) is 6.92 Å². The van der Waals surface area contributed by atoms with Gasteiger partial charge in [-0.1, -0.05) is 12.1 Å². The fraction of sp³-hybridized carbons (Fsp3) is 0.450. The summed E-state index contributed by atoms with van der Waals surface area (Å²) in [5, 5.41) is 5.35. The van der Waals surface area contributed by atoms with Crippen molar-refractivity contribution in [2.24, 2.45) is 0 Å². The molecule has 7 nitrogen and oxygen atoms in total. The summed E-state index contributed by atoms with van der Waals surface area (Å²) in [6.45, 7) is 11.3. The molecule has 0 bridgehead atoms. The molecule has 1 aromatic carbocycles. The molecular weight excluding hydrogens is 359 g/mol. The molecular formula is C20H25BN2O5. The van der Waals surface area contributed by atoms with Gasteiger partial charge in [0.25, 0.3) is 11.7 Å². The van der Waals surface area contributed by atoms with Gasteiger partial charge in [0.1, 0.15) is 0 Å². The molecule has 148 valence electrons. The number of fused-ring (bicyclic) bond motifs is 1. The van der Waals surface area contributed by atoms with Crippen LogP contribution in [0.1, 0.15) is 56.1 Å². The van der Waals surface area contributed by atoms with Gasteiger partial charge in [0.05, 0.1) is 22.5 Å². The van der Waals surface area contributed by atoms with Gasteiger partial charge in [0, 0.05) is 13.5 Å². The topological polar surface area (TPSA) is 93.7 Å². The Hall–Kier alpha value is -2.45. The van der Waals surface area contributed by atoms with Gasteiger partial charge in [-0.2, -0.15) is 0 Å². The van der Waals surface area contributed by atoms with E-state index in [0.717, 1.165) is 5.56 Å². The van der Waals surface area contributed by atoms with Gasteiger partial charge in [-0.25, -0.2) is 0 Å². The van der Waals surface area contributed by atoms with Crippen LogP contribution < -0.4 is 10.6 Å². The van der Waals surface area contributed by atoms with E-state index in [0.29, 0.717) is 22.3 Å². The molecule has 0 spiro atoms. The third-order valence-electron chi connectivity index (χ3n) is 5.57. The molecule has 0 aromatic heterocycles. The maximum atomic E-state index is 12.4. The predicted octanol–water partition coefficient (Wildman–Crippen LogP) is 2.28. The Balaban J connectivity index is 2.07. The zero-order valence-corrected chi connectivity index (χ0v) is 17.1. The van der Waals surface area contributed by atoms with Crippen molar-refractivity contribution in [1.82, 2.24) is 5.32 Å². The van der Waals surface area contributed by atoms with Crippen LogP contribution in [-0.4, -0.2) is 42.5 Å². The highest BCUT2D eigenvalue weighted by molar-refractivity contribution is 6.56. The number of rotatable bonds is 4. The number of aryl methyl sites for hydroxylation is 1. The maximum Gasteiger partial charge on any atom is 0.492 e. The minimum Gasteiger partial charge on any atom is -0.400 e. The fourth-order valence-corrected chi connectivity index (χ4v) is 3.16. The van der Waals surface area contributed by atoms with Crippen LogP contribution in [-0.2, 0) is 18.9 Å². The molecule has 0 atom stereocenters. The van der Waals surface area contributed by atoms with Crippen molar-refractivity contribution in [3.05, 3.63) is 34.3 Å². The zero-order chi connectivity index (χ0) is 20.9. The van der Waals surface area contributed by atoms with Crippen molar-refractivity contribution >= 4 is 36.5 Å². The van der Waals surface area contributed by atoms with Gasteiger partial charge in [-0.3, -0.25) is 14.4 Å². The largest absolute Gasteiger partial charge is 0.492 e. The van der Waals surface area contributed by atoms with E-state index in [-0.39, 0.29) is 12.5 Å². The molecule has 2 aliphatic rings. The molecule has 2 amide bonds. The van der Waals surface area contributed by atoms with E-state index in [2.05, 4.69) is 10.6 Å². The van der Waals surface area contributed by atoms with E-state index in [4.69, 9.17) is 9.31 Å². The van der Waals surface area contributed by atoms with Crippen molar-refractivity contribution in [1.29, 1.82) is 0 Å². The van der Waals surface area contributed by atoms with Gasteiger partial charge < -0.3 is 19.9 Å². The highest BCUT2D eigenvalue weighted by Crippen LogP contribution is 2.39. The number of hydrogen-bond donors (Lipinski definition) is 2. The van der Waals surface area contributed by atoms with E-state index < -0.39 is 30.0 Å². The zero-order valence-electron chi connectivity index (χ0n) is 17.1. The number of nitrogens with one attached hydrogen (secondary N) is 2. The molecule has 2 heterocycles. The third-order valence-corrected chi connectivity index (χ3v) is 5.57. The van der Waals surface area contributed by atoms with Gasteiger partial charge in [-0.05, 0) is 57.3 Å². The first kappa shape index (κ1) is 20.3. The summed E-state index contributed by atoms with van der Waals surface area (Å²) >= 11 is 0. The lowest BCUT2D eigenvalue weighted by Gasteiger charge is -2.32. The van der Waals surface area contributed by atoms with Crippen LogP contribution in [0.5, 0.6) is 0 Å². The predicted molar refractivity (Wildman–Crippen MR) is 107 cm³/mol. The maximum absolute atomic E-state index is 12.4. The Labute approximate surface area is 165 Å². The van der Waals surface area contributed by atoms with Crippen LogP contribution in [0.2, 0.25) is 0 Å². The average Bonchev–Trinajstić information content (AvgIpc) is 2.98. The van der Waals surface area contributed by atoms with Gasteiger partial charge in [0.15, 0.2) is 0 Å². The standard InChI is InChI=1S/C20H25BN2O5/c1-11-7-8-15-16(17(25)18(26)23-15)14(11)9-13(10-22-12(2)24)21-27-19(3,4)20(5,6)28-21/h7-9H,10H2,1-6H3,(H,22,24)(H,23,25,26). The van der Waals surface area contributed by atoms with Gasteiger partial charge in [0.2, 0.25) is 5.91 Å². The Morgan fingerprint density at radius 2 is 1.79 bits per heavy atom. The lowest BCUT2D eigenvalue weighted by molar-refractivity contribution is -0.118. The first-order valence-corrected chi connectivity index (χ1v) is 9.23. The minimum atomic E-state index is -0.688. The molecule has 1 fully saturated rings. The molecule has 8 heteroatoms. The first-order chi connectivity index (χ1) is 12.9. The lowest BCUT2D eigenvalue weighted by atomic mass is 9.76. The molecule has 0 aliphatic carbocycles. The number of carbonyl (C=O) groups is 3. The number of benzene rings is 1. The van der Waals surface area contributed by atoms with Crippen molar-refractivity contribution in [3.63, 3.8) is 0 Å². The smallest absolute Gasteiger partial charge is 0.400 e. The monoisotopic (exact) mass is 384 g/mol. The van der Waals surface area contributed by atoms with E-state index >= 15 is 0 Å². The van der Waals surface area contributed by atoms with Crippen molar-refractivity contribution in [2.45, 2.75) is 52.7 Å². The molecule has 0 saturated carbocycles. The highest BCUT2D eigenvalue weighted by Gasteiger charge is 2.52. The van der Waals surface area contributed by atoms with Crippen LogP contribution in [0.15, 0.2) is 17.6 Å². The molecule has 2 aliphatic heterocycles. The molecule has 1 aromatic rings. The third kappa shape index (κ3) is 3.49. The summed E-state index contributed by atoms with van der Waals surface area (Å²) in [5.41, 5.74) is 1.84. The quantitative estimate of drug-likeness (QED) is 0.614. The number of anilines is 1. The van der Waals surface area contributed by atoms with Gasteiger partial charge >= 0.3 is 7.12 Å². The van der Waals surface area contributed by atoms with Crippen molar-refractivity contribution in [3.8, 4) is 0 Å². The number of ketones is 1. The SMILES string of the molecule is CC(=O)NCC(=Cc1c(C)ccc2c1C(=O)C(=O)N2)B1OC(C)(C)C(C)(C)O1. The van der Waals surface area contributed by atoms with E-state index in [1.165, 1.54) is 6.92 Å². The number of carbonyl (C=O) groups excluding carboxylic acids is 3. The summed E-state index contributed by atoms with van der Waals surface area (Å²) in [4.78, 5) is 35.7. The number of hydrogen-bond acceptors (Lipinski definition) is 5. The first-order valence-electron chi connectivity index (χ1n) is 9.23. The Bertz CT molecular complexity index is 888. The molecule has 1 saturated heterocycles. The van der Waals surface area contributed by atoms with Crippen LogP contribution in [0.25, 0.3) is 6.08 Å². The van der Waals surface area contributed by atoms with Crippen molar-refractivity contribution in [2.75, 3.05) is 11.9 Å². The second-order valence-electron chi connectivity index (χ2n) is 8.22. The highest BCUT2D eigenvalue weighted by atomic mass is 16.7. The summed E-state index contributed by atoms with van der Waals surface area (Å²) in [5.74, 6) is -1.41. The summed E-state index contributed by atoms with van der Waals surface area (Å²) in [6, 6.07) is 3.55. The average molecular weight is 384 g/mol. The second kappa shape index (κ2) is 6.86.